The summed E-state index contributed by atoms with van der Waals surface area (Å²) in [6.07, 6.45) is 0.938. The summed E-state index contributed by atoms with van der Waals surface area (Å²) in [4.78, 5) is 2.61. The molecule has 0 aromatic carbocycles. The summed E-state index contributed by atoms with van der Waals surface area (Å²) in [5.74, 6) is 5.57. The maximum Gasteiger partial charge on any atom is 0.0701 e. The fourth-order valence-electron chi connectivity index (χ4n) is 1.39. The quantitative estimate of drug-likeness (QED) is 0.672. The molecule has 2 nitrogen and oxygen atoms in total. The fourth-order valence-corrected chi connectivity index (χ4v) is 3.71. The highest BCUT2D eigenvalue weighted by molar-refractivity contribution is 9.11. The van der Waals surface area contributed by atoms with Gasteiger partial charge in [0.05, 0.1) is 9.83 Å². The Balaban J connectivity index is 2.09. The van der Waals surface area contributed by atoms with Gasteiger partial charge in [0.25, 0.3) is 0 Å². The van der Waals surface area contributed by atoms with Crippen LogP contribution in [-0.4, -0.2) is 0 Å². The van der Waals surface area contributed by atoms with Crippen molar-refractivity contribution in [2.45, 2.75) is 12.5 Å². The SMILES string of the molecule is NNC(Cc1ccc(Br)s1)c1cccs1. The first kappa shape index (κ1) is 11.3. The van der Waals surface area contributed by atoms with Crippen LogP contribution in [0, 0.1) is 0 Å². The lowest BCUT2D eigenvalue weighted by Crippen LogP contribution is -2.28. The van der Waals surface area contributed by atoms with Crippen molar-refractivity contribution in [2.75, 3.05) is 0 Å². The molecule has 2 aromatic heterocycles. The molecule has 0 aliphatic rings. The highest BCUT2D eigenvalue weighted by atomic mass is 79.9. The zero-order valence-electron chi connectivity index (χ0n) is 7.94. The molecule has 0 bridgehead atoms. The summed E-state index contributed by atoms with van der Waals surface area (Å²) in [7, 11) is 0. The van der Waals surface area contributed by atoms with Crippen LogP contribution in [0.25, 0.3) is 0 Å². The smallest absolute Gasteiger partial charge is 0.0701 e. The van der Waals surface area contributed by atoms with E-state index in [1.54, 1.807) is 22.7 Å². The minimum atomic E-state index is 0.218. The first-order valence-electron chi connectivity index (χ1n) is 4.53. The number of rotatable bonds is 4. The molecule has 0 amide bonds. The van der Waals surface area contributed by atoms with E-state index in [-0.39, 0.29) is 6.04 Å². The Labute approximate surface area is 105 Å². The first-order valence-corrected chi connectivity index (χ1v) is 7.02. The lowest BCUT2D eigenvalue weighted by molar-refractivity contribution is 0.564. The molecule has 1 atom stereocenters. The Kier molecular flexibility index (Phi) is 3.93. The maximum absolute atomic E-state index is 5.57. The minimum absolute atomic E-state index is 0.218. The van der Waals surface area contributed by atoms with E-state index < -0.39 is 0 Å². The van der Waals surface area contributed by atoms with Crippen LogP contribution in [0.5, 0.6) is 0 Å². The van der Waals surface area contributed by atoms with Crippen molar-refractivity contribution in [3.63, 3.8) is 0 Å². The molecule has 80 valence electrons. The number of nitrogens with one attached hydrogen (secondary N) is 1. The molecule has 15 heavy (non-hydrogen) atoms. The third-order valence-electron chi connectivity index (χ3n) is 2.12. The van der Waals surface area contributed by atoms with Crippen molar-refractivity contribution in [3.8, 4) is 0 Å². The van der Waals surface area contributed by atoms with E-state index in [9.17, 15) is 0 Å². The Hall–Kier alpha value is -0.200. The largest absolute Gasteiger partial charge is 0.271 e. The molecule has 3 N–H and O–H groups in total. The number of thiophene rings is 2. The van der Waals surface area contributed by atoms with Crippen LogP contribution in [0.3, 0.4) is 0 Å². The van der Waals surface area contributed by atoms with E-state index in [0.29, 0.717) is 0 Å². The monoisotopic (exact) mass is 302 g/mol. The molecule has 2 aromatic rings. The van der Waals surface area contributed by atoms with Crippen molar-refractivity contribution in [1.82, 2.24) is 5.43 Å². The molecular formula is C10H11BrN2S2. The molecular weight excluding hydrogens is 292 g/mol. The van der Waals surface area contributed by atoms with Crippen LogP contribution in [-0.2, 0) is 6.42 Å². The highest BCUT2D eigenvalue weighted by Crippen LogP contribution is 2.28. The van der Waals surface area contributed by atoms with Crippen LogP contribution in [0.4, 0.5) is 0 Å². The van der Waals surface area contributed by atoms with Crippen molar-refractivity contribution in [2.24, 2.45) is 5.84 Å². The van der Waals surface area contributed by atoms with Crippen LogP contribution in [0.1, 0.15) is 15.8 Å². The molecule has 0 fully saturated rings. The average molecular weight is 303 g/mol. The van der Waals surface area contributed by atoms with E-state index in [0.717, 1.165) is 6.42 Å². The normalized spacial score (nSPS) is 12.9. The minimum Gasteiger partial charge on any atom is -0.271 e. The fraction of sp³-hybridized carbons (Fsp3) is 0.200. The van der Waals surface area contributed by atoms with E-state index in [2.05, 4.69) is 51.0 Å². The van der Waals surface area contributed by atoms with Crippen molar-refractivity contribution in [1.29, 1.82) is 0 Å². The number of hydrogen-bond donors (Lipinski definition) is 2. The molecule has 0 aliphatic carbocycles. The van der Waals surface area contributed by atoms with Crippen LogP contribution < -0.4 is 11.3 Å². The summed E-state index contributed by atoms with van der Waals surface area (Å²) in [6.45, 7) is 0. The molecule has 2 rings (SSSR count). The molecule has 0 saturated heterocycles. The molecule has 0 saturated carbocycles. The summed E-state index contributed by atoms with van der Waals surface area (Å²) in [5, 5.41) is 2.07. The zero-order valence-corrected chi connectivity index (χ0v) is 11.2. The molecule has 0 spiro atoms. The van der Waals surface area contributed by atoms with Gasteiger partial charge >= 0.3 is 0 Å². The molecule has 0 radical (unpaired) electrons. The molecule has 1 unspecified atom stereocenters. The molecule has 2 heterocycles. The third-order valence-corrected chi connectivity index (χ3v) is 4.75. The van der Waals surface area contributed by atoms with Gasteiger partial charge < -0.3 is 0 Å². The first-order chi connectivity index (χ1) is 7.29. The average Bonchev–Trinajstić information content (AvgIpc) is 2.85. The second-order valence-electron chi connectivity index (χ2n) is 3.14. The van der Waals surface area contributed by atoms with E-state index in [1.165, 1.54) is 13.5 Å². The predicted octanol–water partition coefficient (Wildman–Crippen LogP) is 3.32. The van der Waals surface area contributed by atoms with E-state index in [1.807, 2.05) is 0 Å². The molecule has 0 aliphatic heterocycles. The van der Waals surface area contributed by atoms with E-state index >= 15 is 0 Å². The Morgan fingerprint density at radius 1 is 1.40 bits per heavy atom. The van der Waals surface area contributed by atoms with Crippen molar-refractivity contribution < 1.29 is 0 Å². The van der Waals surface area contributed by atoms with Crippen molar-refractivity contribution in [3.05, 3.63) is 43.2 Å². The van der Waals surface area contributed by atoms with Gasteiger partial charge in [-0.2, -0.15) is 0 Å². The number of halogens is 1. The topological polar surface area (TPSA) is 38.0 Å². The van der Waals surface area contributed by atoms with Gasteiger partial charge in [-0.15, -0.1) is 22.7 Å². The maximum atomic E-state index is 5.57. The van der Waals surface area contributed by atoms with Gasteiger partial charge in [0, 0.05) is 16.2 Å². The summed E-state index contributed by atoms with van der Waals surface area (Å²) < 4.78 is 1.17. The summed E-state index contributed by atoms with van der Waals surface area (Å²) in [5.41, 5.74) is 2.86. The van der Waals surface area contributed by atoms with Gasteiger partial charge in [-0.05, 0) is 39.5 Å². The van der Waals surface area contributed by atoms with Gasteiger partial charge in [0.1, 0.15) is 0 Å². The second-order valence-corrected chi connectivity index (χ2v) is 6.67. The van der Waals surface area contributed by atoms with Gasteiger partial charge in [0.2, 0.25) is 0 Å². The Bertz CT molecular complexity index is 411. The Morgan fingerprint density at radius 2 is 2.27 bits per heavy atom. The predicted molar refractivity (Wildman–Crippen MR) is 70.1 cm³/mol. The summed E-state index contributed by atoms with van der Waals surface area (Å²) >= 11 is 6.95. The Morgan fingerprint density at radius 3 is 2.80 bits per heavy atom. The van der Waals surface area contributed by atoms with Gasteiger partial charge in [0.15, 0.2) is 0 Å². The van der Waals surface area contributed by atoms with Crippen molar-refractivity contribution >= 4 is 38.6 Å². The highest BCUT2D eigenvalue weighted by Gasteiger charge is 2.12. The van der Waals surface area contributed by atoms with Crippen LogP contribution in [0.2, 0.25) is 0 Å². The number of nitrogens with two attached hydrogens (primary N) is 1. The lowest BCUT2D eigenvalue weighted by atomic mass is 10.1. The third kappa shape index (κ3) is 2.89. The van der Waals surface area contributed by atoms with Gasteiger partial charge in [-0.3, -0.25) is 11.3 Å². The molecule has 5 heteroatoms. The van der Waals surface area contributed by atoms with E-state index in [4.69, 9.17) is 5.84 Å². The van der Waals surface area contributed by atoms with Gasteiger partial charge in [-0.1, -0.05) is 6.07 Å². The standard InChI is InChI=1S/C10H11BrN2S2/c11-10-4-3-7(15-10)6-8(13-12)9-2-1-5-14-9/h1-5,8,13H,6,12H2. The summed E-state index contributed by atoms with van der Waals surface area (Å²) in [6, 6.07) is 8.58. The number of hydrazine groups is 1. The van der Waals surface area contributed by atoms with Gasteiger partial charge in [-0.25, -0.2) is 0 Å². The number of hydrogen-bond acceptors (Lipinski definition) is 4. The lowest BCUT2D eigenvalue weighted by Gasteiger charge is -2.12. The van der Waals surface area contributed by atoms with Crippen LogP contribution in [0.15, 0.2) is 33.4 Å². The zero-order chi connectivity index (χ0) is 10.7. The second kappa shape index (κ2) is 5.23. The van der Waals surface area contributed by atoms with Crippen LogP contribution >= 0.6 is 38.6 Å².